The number of hydrogen-bond acceptors (Lipinski definition) is 4. The molecule has 2 N–H and O–H groups in total. The van der Waals surface area contributed by atoms with Crippen LogP contribution >= 0.6 is 27.7 Å². The largest absolute Gasteiger partial charge is 0.369 e. The number of halogens is 1. The van der Waals surface area contributed by atoms with Gasteiger partial charge in [0.1, 0.15) is 5.82 Å². The van der Waals surface area contributed by atoms with Crippen molar-refractivity contribution in [2.24, 2.45) is 0 Å². The number of hydrogen-bond donors (Lipinski definition) is 2. The molecule has 1 heterocycles. The van der Waals surface area contributed by atoms with Crippen molar-refractivity contribution in [2.75, 3.05) is 24.7 Å². The first-order valence-corrected chi connectivity index (χ1v) is 8.64. The van der Waals surface area contributed by atoms with E-state index in [1.807, 2.05) is 6.26 Å². The van der Waals surface area contributed by atoms with Gasteiger partial charge in [0.2, 0.25) is 0 Å². The Labute approximate surface area is 133 Å². The molecule has 0 aliphatic heterocycles. The summed E-state index contributed by atoms with van der Waals surface area (Å²) in [4.78, 5) is 16.6. The number of carbonyl (C=O) groups excluding carboxylic acids is 1. The number of nitrogens with zero attached hydrogens (tertiary/aromatic N) is 1. The first-order valence-electron chi connectivity index (χ1n) is 6.62. The first-order chi connectivity index (χ1) is 9.39. The standard InChI is InChI=1S/C14H22BrN3OS/c1-5-6-16-12-11(7-10(15)8-17-12)13(19)18-9-14(2,3)20-4/h7-8H,5-6,9H2,1-4H3,(H,16,17)(H,18,19). The molecular weight excluding hydrogens is 338 g/mol. The van der Waals surface area contributed by atoms with Gasteiger partial charge in [-0.25, -0.2) is 4.98 Å². The van der Waals surface area contributed by atoms with Crippen LogP contribution in [0.15, 0.2) is 16.7 Å². The predicted molar refractivity (Wildman–Crippen MR) is 90.6 cm³/mol. The predicted octanol–water partition coefficient (Wildman–Crippen LogP) is 3.54. The van der Waals surface area contributed by atoms with E-state index in [0.29, 0.717) is 17.9 Å². The van der Waals surface area contributed by atoms with Gasteiger partial charge in [-0.05, 0) is 48.5 Å². The van der Waals surface area contributed by atoms with Crippen LogP contribution in [0.25, 0.3) is 0 Å². The molecule has 0 fully saturated rings. The number of aromatic nitrogens is 1. The molecule has 112 valence electrons. The van der Waals surface area contributed by atoms with E-state index < -0.39 is 0 Å². The number of thioether (sulfide) groups is 1. The second-order valence-electron chi connectivity index (χ2n) is 5.12. The highest BCUT2D eigenvalue weighted by molar-refractivity contribution is 9.10. The second-order valence-corrected chi connectivity index (χ2v) is 7.55. The van der Waals surface area contributed by atoms with Gasteiger partial charge >= 0.3 is 0 Å². The Morgan fingerprint density at radius 3 is 2.80 bits per heavy atom. The van der Waals surface area contributed by atoms with Gasteiger partial charge in [-0.2, -0.15) is 11.8 Å². The summed E-state index contributed by atoms with van der Waals surface area (Å²) < 4.78 is 0.820. The molecule has 0 atom stereocenters. The maximum absolute atomic E-state index is 12.3. The van der Waals surface area contributed by atoms with Crippen LogP contribution in [-0.2, 0) is 0 Å². The van der Waals surface area contributed by atoms with E-state index in [1.54, 1.807) is 24.0 Å². The average Bonchev–Trinajstić information content (AvgIpc) is 2.43. The molecule has 0 saturated carbocycles. The zero-order valence-electron chi connectivity index (χ0n) is 12.4. The van der Waals surface area contributed by atoms with Crippen molar-refractivity contribution in [1.29, 1.82) is 0 Å². The summed E-state index contributed by atoms with van der Waals surface area (Å²) in [6.07, 6.45) is 4.72. The van der Waals surface area contributed by atoms with Crippen molar-refractivity contribution in [3.63, 3.8) is 0 Å². The Bertz CT molecular complexity index is 466. The molecule has 0 radical (unpaired) electrons. The van der Waals surface area contributed by atoms with Crippen molar-refractivity contribution in [3.05, 3.63) is 22.3 Å². The molecule has 0 unspecified atom stereocenters. The molecular formula is C14H22BrN3OS. The molecule has 1 amide bonds. The van der Waals surface area contributed by atoms with E-state index in [0.717, 1.165) is 17.4 Å². The summed E-state index contributed by atoms with van der Waals surface area (Å²) >= 11 is 5.09. The van der Waals surface area contributed by atoms with Crippen LogP contribution < -0.4 is 10.6 Å². The van der Waals surface area contributed by atoms with Crippen molar-refractivity contribution in [3.8, 4) is 0 Å². The Morgan fingerprint density at radius 2 is 2.20 bits per heavy atom. The zero-order valence-corrected chi connectivity index (χ0v) is 14.8. The molecule has 0 aromatic carbocycles. The van der Waals surface area contributed by atoms with E-state index in [2.05, 4.69) is 52.3 Å². The number of amides is 1. The summed E-state index contributed by atoms with van der Waals surface area (Å²) in [6.45, 7) is 7.70. The minimum Gasteiger partial charge on any atom is -0.369 e. The molecule has 1 rings (SSSR count). The minimum atomic E-state index is -0.0977. The minimum absolute atomic E-state index is 0.0200. The van der Waals surface area contributed by atoms with Gasteiger partial charge < -0.3 is 10.6 Å². The second kappa shape index (κ2) is 7.88. The molecule has 0 bridgehead atoms. The summed E-state index contributed by atoms with van der Waals surface area (Å²) in [5.74, 6) is 0.536. The maximum atomic E-state index is 12.3. The fraction of sp³-hybridized carbons (Fsp3) is 0.571. The van der Waals surface area contributed by atoms with Gasteiger partial charge in [0.05, 0.1) is 5.56 Å². The van der Waals surface area contributed by atoms with Crippen molar-refractivity contribution >= 4 is 39.4 Å². The Hall–Kier alpha value is -0.750. The molecule has 6 heteroatoms. The third kappa shape index (κ3) is 5.32. The van der Waals surface area contributed by atoms with Gasteiger partial charge in [0.15, 0.2) is 0 Å². The highest BCUT2D eigenvalue weighted by Crippen LogP contribution is 2.21. The highest BCUT2D eigenvalue weighted by Gasteiger charge is 2.19. The third-order valence-corrected chi connectivity index (χ3v) is 4.55. The lowest BCUT2D eigenvalue weighted by atomic mass is 10.2. The lowest BCUT2D eigenvalue weighted by molar-refractivity contribution is 0.0951. The number of rotatable bonds is 7. The molecule has 0 aliphatic rings. The molecule has 1 aromatic rings. The van der Waals surface area contributed by atoms with Crippen LogP contribution in [0.3, 0.4) is 0 Å². The maximum Gasteiger partial charge on any atom is 0.255 e. The van der Waals surface area contributed by atoms with Crippen LogP contribution in [0.5, 0.6) is 0 Å². The quantitative estimate of drug-likeness (QED) is 0.781. The summed E-state index contributed by atoms with van der Waals surface area (Å²) in [5, 5.41) is 6.16. The van der Waals surface area contributed by atoms with Crippen LogP contribution in [0.1, 0.15) is 37.6 Å². The molecule has 20 heavy (non-hydrogen) atoms. The summed E-state index contributed by atoms with van der Waals surface area (Å²) in [6, 6.07) is 1.80. The molecule has 0 aliphatic carbocycles. The van der Waals surface area contributed by atoms with Gasteiger partial charge in [0, 0.05) is 28.5 Å². The van der Waals surface area contributed by atoms with Crippen LogP contribution in [-0.4, -0.2) is 35.0 Å². The number of pyridine rings is 1. The van der Waals surface area contributed by atoms with Gasteiger partial charge in [-0.3, -0.25) is 4.79 Å². The van der Waals surface area contributed by atoms with E-state index in [1.165, 1.54) is 0 Å². The zero-order chi connectivity index (χ0) is 15.2. The third-order valence-electron chi connectivity index (χ3n) is 2.87. The fourth-order valence-corrected chi connectivity index (χ4v) is 2.00. The molecule has 0 saturated heterocycles. The summed E-state index contributed by atoms with van der Waals surface area (Å²) in [7, 11) is 0. The lowest BCUT2D eigenvalue weighted by Gasteiger charge is -2.22. The van der Waals surface area contributed by atoms with Crippen molar-refractivity contribution < 1.29 is 4.79 Å². The summed E-state index contributed by atoms with van der Waals surface area (Å²) in [5.41, 5.74) is 0.574. The lowest BCUT2D eigenvalue weighted by Crippen LogP contribution is -2.36. The smallest absolute Gasteiger partial charge is 0.255 e. The highest BCUT2D eigenvalue weighted by atomic mass is 79.9. The molecule has 4 nitrogen and oxygen atoms in total. The van der Waals surface area contributed by atoms with Gasteiger partial charge in [0.25, 0.3) is 5.91 Å². The fourth-order valence-electron chi connectivity index (χ4n) is 1.46. The number of carbonyl (C=O) groups is 1. The van der Waals surface area contributed by atoms with Gasteiger partial charge in [-0.1, -0.05) is 6.92 Å². The molecule has 0 spiro atoms. The first kappa shape index (κ1) is 17.3. The molecule has 1 aromatic heterocycles. The normalized spacial score (nSPS) is 11.2. The average molecular weight is 360 g/mol. The topological polar surface area (TPSA) is 54.0 Å². The Morgan fingerprint density at radius 1 is 1.50 bits per heavy atom. The number of anilines is 1. The van der Waals surface area contributed by atoms with Crippen LogP contribution in [0, 0.1) is 0 Å². The van der Waals surface area contributed by atoms with Crippen molar-refractivity contribution in [2.45, 2.75) is 31.9 Å². The van der Waals surface area contributed by atoms with E-state index in [-0.39, 0.29) is 10.7 Å². The number of nitrogens with one attached hydrogen (secondary N) is 2. The van der Waals surface area contributed by atoms with E-state index >= 15 is 0 Å². The Balaban J connectivity index is 2.82. The van der Waals surface area contributed by atoms with Crippen LogP contribution in [0.4, 0.5) is 5.82 Å². The Kier molecular flexibility index (Phi) is 6.82. The van der Waals surface area contributed by atoms with E-state index in [4.69, 9.17) is 0 Å². The monoisotopic (exact) mass is 359 g/mol. The van der Waals surface area contributed by atoms with Crippen LogP contribution in [0.2, 0.25) is 0 Å². The van der Waals surface area contributed by atoms with Crippen molar-refractivity contribution in [1.82, 2.24) is 10.3 Å². The van der Waals surface area contributed by atoms with E-state index in [9.17, 15) is 4.79 Å². The SMILES string of the molecule is CCCNc1ncc(Br)cc1C(=O)NCC(C)(C)SC. The van der Waals surface area contributed by atoms with Gasteiger partial charge in [-0.15, -0.1) is 0 Å².